The number of aromatic nitrogens is 1. The van der Waals surface area contributed by atoms with Crippen LogP contribution in [0.15, 0.2) is 79.1 Å². The fraction of sp³-hybridized carbons (Fsp3) is 0.259. The number of sulfonamides is 1. The number of fused-ring (bicyclic) bond motifs is 1. The van der Waals surface area contributed by atoms with Gasteiger partial charge >= 0.3 is 0 Å². The molecule has 1 N–H and O–H groups in total. The lowest BCUT2D eigenvalue weighted by molar-refractivity contribution is -0.158. The Morgan fingerprint density at radius 1 is 0.971 bits per heavy atom. The Kier molecular flexibility index (Phi) is 6.39. The number of pyridine rings is 1. The minimum Gasteiger partial charge on any atom is -0.394 e. The van der Waals surface area contributed by atoms with Crippen molar-refractivity contribution < 1.29 is 18.3 Å². The molecule has 2 aromatic carbocycles. The first-order valence-electron chi connectivity index (χ1n) is 11.4. The molecular weight excluding hydrogens is 462 g/mol. The van der Waals surface area contributed by atoms with Crippen molar-refractivity contribution in [2.75, 3.05) is 19.7 Å². The van der Waals surface area contributed by atoms with Crippen LogP contribution in [0.1, 0.15) is 28.2 Å². The number of piperazine rings is 1. The van der Waals surface area contributed by atoms with Gasteiger partial charge in [0.1, 0.15) is 0 Å². The van der Waals surface area contributed by atoms with Crippen molar-refractivity contribution in [2.24, 2.45) is 0 Å². The van der Waals surface area contributed by atoms with Gasteiger partial charge in [-0.1, -0.05) is 54.3 Å². The Morgan fingerprint density at radius 3 is 2.40 bits per heavy atom. The van der Waals surface area contributed by atoms with Crippen LogP contribution in [0, 0.1) is 11.8 Å². The molecular formula is C27H25N3O4S. The zero-order valence-electron chi connectivity index (χ0n) is 19.0. The summed E-state index contributed by atoms with van der Waals surface area (Å²) < 4.78 is 27.5. The van der Waals surface area contributed by atoms with E-state index in [0.29, 0.717) is 5.56 Å². The van der Waals surface area contributed by atoms with Gasteiger partial charge < -0.3 is 10.0 Å². The van der Waals surface area contributed by atoms with Crippen LogP contribution in [-0.2, 0) is 20.6 Å². The zero-order valence-corrected chi connectivity index (χ0v) is 19.8. The highest BCUT2D eigenvalue weighted by Crippen LogP contribution is 2.43. The maximum Gasteiger partial charge on any atom is 0.238 e. The molecule has 35 heavy (non-hydrogen) atoms. The lowest BCUT2D eigenvalue weighted by Crippen LogP contribution is -2.73. The molecule has 3 atom stereocenters. The van der Waals surface area contributed by atoms with Gasteiger partial charge in [0.2, 0.25) is 15.9 Å². The highest BCUT2D eigenvalue weighted by atomic mass is 32.2. The van der Waals surface area contributed by atoms with Crippen LogP contribution in [-0.4, -0.2) is 65.4 Å². The molecule has 2 fully saturated rings. The Bertz CT molecular complexity index is 1370. The molecule has 0 radical (unpaired) electrons. The van der Waals surface area contributed by atoms with E-state index >= 15 is 0 Å². The third-order valence-electron chi connectivity index (χ3n) is 6.61. The molecule has 7 nitrogen and oxygen atoms in total. The van der Waals surface area contributed by atoms with Crippen LogP contribution in [0.3, 0.4) is 0 Å². The van der Waals surface area contributed by atoms with E-state index in [4.69, 9.17) is 0 Å². The second-order valence-corrected chi connectivity index (χ2v) is 10.8. The largest absolute Gasteiger partial charge is 0.394 e. The average molecular weight is 488 g/mol. The first kappa shape index (κ1) is 23.2. The van der Waals surface area contributed by atoms with Crippen molar-refractivity contribution in [3.8, 4) is 11.8 Å². The topological polar surface area (TPSA) is 90.8 Å². The molecule has 3 heterocycles. The lowest BCUT2D eigenvalue weighted by Gasteiger charge is -2.58. The number of nitrogens with zero attached hydrogens (tertiary/aromatic N) is 3. The standard InChI is InChI=1S/C27H25N3O4S/c31-18-25-27(23-12-10-20(11-13-23)8-9-21-7-4-14-28-15-21)24-16-29(17-26(32)30(24)25)35(33,34)19-22-5-2-1-3-6-22/h1-7,10-15,24-25,27,31H,16-19H2/t24-,25-,27+/m0/s1. The summed E-state index contributed by atoms with van der Waals surface area (Å²) in [6, 6.07) is 19.7. The van der Waals surface area contributed by atoms with Gasteiger partial charge in [-0.05, 0) is 35.4 Å². The molecule has 0 unspecified atom stereocenters. The smallest absolute Gasteiger partial charge is 0.238 e. The molecule has 5 rings (SSSR count). The number of carbonyl (C=O) groups is 1. The Labute approximate surface area is 205 Å². The van der Waals surface area contributed by atoms with E-state index in [9.17, 15) is 18.3 Å². The molecule has 178 valence electrons. The summed E-state index contributed by atoms with van der Waals surface area (Å²) in [6.45, 7) is -0.158. The summed E-state index contributed by atoms with van der Waals surface area (Å²) >= 11 is 0. The molecule has 2 aliphatic rings. The molecule has 8 heteroatoms. The number of hydrogen-bond donors (Lipinski definition) is 1. The highest BCUT2D eigenvalue weighted by Gasteiger charge is 2.55. The molecule has 2 saturated heterocycles. The van der Waals surface area contributed by atoms with Gasteiger partial charge in [0.05, 0.1) is 31.0 Å². The third kappa shape index (κ3) is 4.71. The van der Waals surface area contributed by atoms with E-state index in [0.717, 1.165) is 16.7 Å². The fourth-order valence-electron chi connectivity index (χ4n) is 4.93. The predicted octanol–water partition coefficient (Wildman–Crippen LogP) is 1.98. The van der Waals surface area contributed by atoms with Gasteiger partial charge in [0.25, 0.3) is 0 Å². The zero-order chi connectivity index (χ0) is 24.4. The van der Waals surface area contributed by atoms with E-state index in [1.807, 2.05) is 42.5 Å². The average Bonchev–Trinajstić information content (AvgIpc) is 2.85. The van der Waals surface area contributed by atoms with Crippen molar-refractivity contribution >= 4 is 15.9 Å². The monoisotopic (exact) mass is 487 g/mol. The van der Waals surface area contributed by atoms with Crippen LogP contribution >= 0.6 is 0 Å². The van der Waals surface area contributed by atoms with Crippen LogP contribution in [0.2, 0.25) is 0 Å². The normalized spacial score (nSPS) is 22.0. The molecule has 1 amide bonds. The summed E-state index contributed by atoms with van der Waals surface area (Å²) in [6.07, 6.45) is 3.40. The van der Waals surface area contributed by atoms with E-state index in [1.54, 1.807) is 41.6 Å². The fourth-order valence-corrected chi connectivity index (χ4v) is 6.41. The number of hydrogen-bond acceptors (Lipinski definition) is 5. The molecule has 0 bridgehead atoms. The first-order chi connectivity index (χ1) is 17.0. The molecule has 0 saturated carbocycles. The second-order valence-electron chi connectivity index (χ2n) is 8.79. The summed E-state index contributed by atoms with van der Waals surface area (Å²) in [5, 5.41) is 10.0. The van der Waals surface area contributed by atoms with Crippen molar-refractivity contribution in [3.05, 3.63) is 101 Å². The Morgan fingerprint density at radius 2 is 1.71 bits per heavy atom. The molecule has 0 aliphatic carbocycles. The quantitative estimate of drug-likeness (QED) is 0.556. The summed E-state index contributed by atoms with van der Waals surface area (Å²) in [4.78, 5) is 18.6. The predicted molar refractivity (Wildman–Crippen MR) is 132 cm³/mol. The van der Waals surface area contributed by atoms with Crippen LogP contribution in [0.5, 0.6) is 0 Å². The van der Waals surface area contributed by atoms with Crippen molar-refractivity contribution in [3.63, 3.8) is 0 Å². The number of carbonyl (C=O) groups excluding carboxylic acids is 1. The van der Waals surface area contributed by atoms with Crippen molar-refractivity contribution in [1.29, 1.82) is 0 Å². The maximum atomic E-state index is 13.1. The van der Waals surface area contributed by atoms with Gasteiger partial charge in [-0.25, -0.2) is 8.42 Å². The van der Waals surface area contributed by atoms with Crippen LogP contribution < -0.4 is 0 Å². The highest BCUT2D eigenvalue weighted by molar-refractivity contribution is 7.88. The minimum atomic E-state index is -3.66. The van der Waals surface area contributed by atoms with E-state index in [2.05, 4.69) is 16.8 Å². The summed E-state index contributed by atoms with van der Waals surface area (Å²) in [5.74, 6) is 5.61. The van der Waals surface area contributed by atoms with E-state index in [-0.39, 0.29) is 49.4 Å². The van der Waals surface area contributed by atoms with Crippen molar-refractivity contribution in [2.45, 2.75) is 23.8 Å². The lowest BCUT2D eigenvalue weighted by atomic mass is 9.74. The number of aliphatic hydroxyl groups is 1. The molecule has 1 aromatic heterocycles. The van der Waals surface area contributed by atoms with E-state index in [1.165, 1.54) is 4.31 Å². The van der Waals surface area contributed by atoms with Crippen LogP contribution in [0.4, 0.5) is 0 Å². The first-order valence-corrected chi connectivity index (χ1v) is 13.0. The van der Waals surface area contributed by atoms with E-state index < -0.39 is 10.0 Å². The molecule has 2 aliphatic heterocycles. The Hall–Kier alpha value is -3.51. The van der Waals surface area contributed by atoms with Crippen LogP contribution in [0.25, 0.3) is 0 Å². The summed E-state index contributed by atoms with van der Waals surface area (Å²) in [7, 11) is -3.66. The number of amides is 1. The van der Waals surface area contributed by atoms with Gasteiger partial charge in [-0.15, -0.1) is 0 Å². The number of aliphatic hydroxyl groups excluding tert-OH is 1. The van der Waals surface area contributed by atoms with Gasteiger partial charge in [-0.2, -0.15) is 4.31 Å². The summed E-state index contributed by atoms with van der Waals surface area (Å²) in [5.41, 5.74) is 3.29. The number of rotatable bonds is 5. The second kappa shape index (κ2) is 9.62. The Balaban J connectivity index is 1.34. The molecule has 3 aromatic rings. The SMILES string of the molecule is O=C1CN(S(=O)(=O)Cc2ccccc2)C[C@H]2[C@@H](c3ccc(C#Cc4cccnc4)cc3)[C@H](CO)N12. The van der Waals surface area contributed by atoms with Gasteiger partial charge in [0.15, 0.2) is 0 Å². The third-order valence-corrected chi connectivity index (χ3v) is 8.38. The van der Waals surface area contributed by atoms with Crippen molar-refractivity contribution in [1.82, 2.24) is 14.2 Å². The van der Waals surface area contributed by atoms with Gasteiger partial charge in [-0.3, -0.25) is 9.78 Å². The molecule has 0 spiro atoms. The maximum absolute atomic E-state index is 13.1. The minimum absolute atomic E-state index is 0.147. The number of benzene rings is 2. The van der Waals surface area contributed by atoms with Gasteiger partial charge in [0, 0.05) is 36.0 Å².